The molecule has 0 N–H and O–H groups in total. The number of hydrogen-bond acceptors (Lipinski definition) is 6. The fraction of sp³-hybridized carbons (Fsp3) is 0.643. The van der Waals surface area contributed by atoms with Crippen LogP contribution in [0.4, 0.5) is 0 Å². The SMILES string of the molecule is CCc1nc(CN2CC[C@H]3OCc4cnnn4[C@H]3C2)cs1. The van der Waals surface area contributed by atoms with E-state index >= 15 is 0 Å². The molecule has 0 spiro atoms. The molecule has 1 saturated heterocycles. The monoisotopic (exact) mass is 305 g/mol. The molecule has 0 bridgehead atoms. The molecule has 0 saturated carbocycles. The van der Waals surface area contributed by atoms with Gasteiger partial charge in [0.25, 0.3) is 0 Å². The lowest BCUT2D eigenvalue weighted by Gasteiger charge is -2.40. The second-order valence-electron chi connectivity index (χ2n) is 5.70. The van der Waals surface area contributed by atoms with Crippen molar-refractivity contribution in [1.29, 1.82) is 0 Å². The standard InChI is InChI=1S/C14H19N5OS/c1-2-14-16-10(9-21-14)6-18-4-3-13-12(7-18)19-11(8-20-13)5-15-17-19/h5,9,12-13H,2-4,6-8H2,1H3/t12-,13+/m0/s1. The van der Waals surface area contributed by atoms with Crippen molar-refractivity contribution in [2.75, 3.05) is 13.1 Å². The van der Waals surface area contributed by atoms with E-state index < -0.39 is 0 Å². The van der Waals surface area contributed by atoms with Crippen LogP contribution in [0.25, 0.3) is 0 Å². The largest absolute Gasteiger partial charge is 0.370 e. The number of piperidine rings is 1. The minimum Gasteiger partial charge on any atom is -0.370 e. The lowest BCUT2D eigenvalue weighted by Crippen LogP contribution is -2.47. The van der Waals surface area contributed by atoms with E-state index in [9.17, 15) is 0 Å². The Kier molecular flexibility index (Phi) is 3.48. The summed E-state index contributed by atoms with van der Waals surface area (Å²) in [6, 6.07) is 0.286. The van der Waals surface area contributed by atoms with E-state index in [0.717, 1.165) is 38.2 Å². The zero-order chi connectivity index (χ0) is 14.2. The van der Waals surface area contributed by atoms with E-state index in [4.69, 9.17) is 4.74 Å². The molecule has 6 nitrogen and oxygen atoms in total. The first kappa shape index (κ1) is 13.4. The normalized spacial score (nSPS) is 25.6. The van der Waals surface area contributed by atoms with Crippen LogP contribution in [0.1, 0.15) is 35.8 Å². The molecular weight excluding hydrogens is 286 g/mol. The molecule has 2 atom stereocenters. The van der Waals surface area contributed by atoms with Crippen molar-refractivity contribution in [3.63, 3.8) is 0 Å². The molecule has 0 aromatic carbocycles. The molecule has 0 aliphatic carbocycles. The zero-order valence-corrected chi connectivity index (χ0v) is 12.9. The van der Waals surface area contributed by atoms with Crippen LogP contribution in [-0.4, -0.2) is 44.1 Å². The van der Waals surface area contributed by atoms with Crippen LogP contribution in [0.15, 0.2) is 11.6 Å². The summed E-state index contributed by atoms with van der Waals surface area (Å²) in [5.41, 5.74) is 2.27. The van der Waals surface area contributed by atoms with Crippen molar-refractivity contribution in [3.8, 4) is 0 Å². The quantitative estimate of drug-likeness (QED) is 0.863. The van der Waals surface area contributed by atoms with E-state index in [1.54, 1.807) is 11.3 Å². The maximum absolute atomic E-state index is 5.95. The maximum Gasteiger partial charge on any atom is 0.0930 e. The Balaban J connectivity index is 1.48. The number of thiazole rings is 1. The van der Waals surface area contributed by atoms with Crippen molar-refractivity contribution in [3.05, 3.63) is 28.0 Å². The van der Waals surface area contributed by atoms with Crippen molar-refractivity contribution >= 4 is 11.3 Å². The number of ether oxygens (including phenoxy) is 1. The van der Waals surface area contributed by atoms with Gasteiger partial charge in [-0.2, -0.15) is 0 Å². The van der Waals surface area contributed by atoms with Crippen LogP contribution in [0.5, 0.6) is 0 Å². The van der Waals surface area contributed by atoms with Crippen molar-refractivity contribution in [1.82, 2.24) is 24.9 Å². The van der Waals surface area contributed by atoms with E-state index in [1.807, 2.05) is 6.20 Å². The molecule has 1 fully saturated rings. The van der Waals surface area contributed by atoms with E-state index in [0.29, 0.717) is 6.61 Å². The van der Waals surface area contributed by atoms with E-state index in [-0.39, 0.29) is 12.1 Å². The third kappa shape index (κ3) is 2.49. The van der Waals surface area contributed by atoms with Crippen LogP contribution < -0.4 is 0 Å². The number of hydrogen-bond donors (Lipinski definition) is 0. The van der Waals surface area contributed by atoms with Crippen LogP contribution in [0.3, 0.4) is 0 Å². The fourth-order valence-electron chi connectivity index (χ4n) is 3.20. The number of likely N-dealkylation sites (tertiary alicyclic amines) is 1. The average molecular weight is 305 g/mol. The van der Waals surface area contributed by atoms with Gasteiger partial charge in [0.2, 0.25) is 0 Å². The molecule has 21 heavy (non-hydrogen) atoms. The van der Waals surface area contributed by atoms with Gasteiger partial charge in [-0.3, -0.25) is 4.90 Å². The fourth-order valence-corrected chi connectivity index (χ4v) is 3.94. The molecule has 2 aliphatic rings. The van der Waals surface area contributed by atoms with Gasteiger partial charge in [-0.15, -0.1) is 16.4 Å². The first-order valence-electron chi connectivity index (χ1n) is 7.50. The molecule has 2 aliphatic heterocycles. The van der Waals surface area contributed by atoms with Crippen LogP contribution in [0.2, 0.25) is 0 Å². The highest BCUT2D eigenvalue weighted by molar-refractivity contribution is 7.09. The van der Waals surface area contributed by atoms with Gasteiger partial charge in [0.1, 0.15) is 0 Å². The Morgan fingerprint density at radius 2 is 2.43 bits per heavy atom. The summed E-state index contributed by atoms with van der Waals surface area (Å²) in [4.78, 5) is 7.13. The second-order valence-corrected chi connectivity index (χ2v) is 6.64. The summed E-state index contributed by atoms with van der Waals surface area (Å²) >= 11 is 1.76. The third-order valence-electron chi connectivity index (χ3n) is 4.30. The predicted molar refractivity (Wildman–Crippen MR) is 79.0 cm³/mol. The molecule has 7 heteroatoms. The topological polar surface area (TPSA) is 56.1 Å². The minimum absolute atomic E-state index is 0.275. The van der Waals surface area contributed by atoms with Crippen LogP contribution in [-0.2, 0) is 24.3 Å². The highest BCUT2D eigenvalue weighted by atomic mass is 32.1. The van der Waals surface area contributed by atoms with Gasteiger partial charge < -0.3 is 4.74 Å². The lowest BCUT2D eigenvalue weighted by molar-refractivity contribution is -0.0671. The first-order valence-corrected chi connectivity index (χ1v) is 8.37. The zero-order valence-electron chi connectivity index (χ0n) is 12.1. The van der Waals surface area contributed by atoms with Gasteiger partial charge in [0.05, 0.1) is 41.3 Å². The summed E-state index contributed by atoms with van der Waals surface area (Å²) < 4.78 is 8.00. The summed E-state index contributed by atoms with van der Waals surface area (Å²) in [6.07, 6.45) is 4.15. The van der Waals surface area contributed by atoms with Gasteiger partial charge in [-0.1, -0.05) is 12.1 Å². The number of nitrogens with zero attached hydrogens (tertiary/aromatic N) is 5. The molecule has 112 valence electrons. The first-order chi connectivity index (χ1) is 10.3. The molecule has 4 rings (SSSR count). The number of aryl methyl sites for hydroxylation is 1. The minimum atomic E-state index is 0.275. The Labute approximate surface area is 127 Å². The Morgan fingerprint density at radius 1 is 1.48 bits per heavy atom. The van der Waals surface area contributed by atoms with E-state index in [2.05, 4.69) is 37.2 Å². The van der Waals surface area contributed by atoms with Gasteiger partial charge >= 0.3 is 0 Å². The molecule has 0 radical (unpaired) electrons. The molecule has 4 heterocycles. The van der Waals surface area contributed by atoms with Crippen LogP contribution in [0, 0.1) is 0 Å². The Hall–Kier alpha value is -1.31. The van der Waals surface area contributed by atoms with Gasteiger partial charge in [-0.05, 0) is 12.8 Å². The smallest absolute Gasteiger partial charge is 0.0930 e. The highest BCUT2D eigenvalue weighted by Gasteiger charge is 2.36. The van der Waals surface area contributed by atoms with Crippen molar-refractivity contribution < 1.29 is 4.74 Å². The number of rotatable bonds is 3. The maximum atomic E-state index is 5.95. The Bertz CT molecular complexity index is 624. The highest BCUT2D eigenvalue weighted by Crippen LogP contribution is 2.30. The van der Waals surface area contributed by atoms with Gasteiger partial charge in [-0.25, -0.2) is 9.67 Å². The van der Waals surface area contributed by atoms with Gasteiger partial charge in [0, 0.05) is 25.0 Å². The van der Waals surface area contributed by atoms with Crippen LogP contribution >= 0.6 is 11.3 Å². The summed E-state index contributed by atoms with van der Waals surface area (Å²) in [5.74, 6) is 0. The number of aromatic nitrogens is 4. The van der Waals surface area contributed by atoms with E-state index in [1.165, 1.54) is 10.7 Å². The molecule has 2 aromatic heterocycles. The third-order valence-corrected chi connectivity index (χ3v) is 5.34. The second kappa shape index (κ2) is 5.47. The predicted octanol–water partition coefficient (Wildman–Crippen LogP) is 1.64. The Morgan fingerprint density at radius 3 is 3.29 bits per heavy atom. The summed E-state index contributed by atoms with van der Waals surface area (Å²) in [5, 5.41) is 11.7. The molecule has 0 amide bonds. The molecule has 2 aromatic rings. The number of fused-ring (bicyclic) bond motifs is 3. The van der Waals surface area contributed by atoms with Crippen molar-refractivity contribution in [2.24, 2.45) is 0 Å². The average Bonchev–Trinajstić information content (AvgIpc) is 3.15. The summed E-state index contributed by atoms with van der Waals surface area (Å²) in [6.45, 7) is 5.73. The van der Waals surface area contributed by atoms with Crippen molar-refractivity contribution in [2.45, 2.75) is 45.1 Å². The van der Waals surface area contributed by atoms with Gasteiger partial charge in [0.15, 0.2) is 0 Å². The molecular formula is C14H19N5OS. The lowest BCUT2D eigenvalue weighted by atomic mass is 10.0. The molecule has 0 unspecified atom stereocenters. The summed E-state index contributed by atoms with van der Waals surface area (Å²) in [7, 11) is 0.